The number of nitrogens with zero attached hydrogens (tertiary/aromatic N) is 3. The van der Waals surface area contributed by atoms with Gasteiger partial charge in [0.25, 0.3) is 5.91 Å². The molecule has 178 valence electrons. The molecule has 6 heteroatoms. The van der Waals surface area contributed by atoms with Crippen LogP contribution in [0.4, 0.5) is 0 Å². The summed E-state index contributed by atoms with van der Waals surface area (Å²) in [6.07, 6.45) is 7.26. The molecule has 0 unspecified atom stereocenters. The fourth-order valence-corrected chi connectivity index (χ4v) is 5.03. The minimum Gasteiger partial charge on any atom is -0.351 e. The van der Waals surface area contributed by atoms with Crippen molar-refractivity contribution in [1.29, 1.82) is 0 Å². The monoisotopic (exact) mass is 450 g/mol. The quantitative estimate of drug-likeness (QED) is 0.706. The molecule has 1 aromatic heterocycles. The zero-order valence-corrected chi connectivity index (χ0v) is 20.6. The molecule has 2 heterocycles. The first-order valence-corrected chi connectivity index (χ1v) is 12.4. The second-order valence-corrected chi connectivity index (χ2v) is 11.0. The first-order chi connectivity index (χ1) is 15.7. The summed E-state index contributed by atoms with van der Waals surface area (Å²) in [5.74, 6) is -0.153. The van der Waals surface area contributed by atoms with Gasteiger partial charge < -0.3 is 10.2 Å². The average molecular weight is 451 g/mol. The van der Waals surface area contributed by atoms with Crippen LogP contribution in [0.3, 0.4) is 0 Å². The molecule has 0 spiro atoms. The first-order valence-electron chi connectivity index (χ1n) is 12.4. The maximum absolute atomic E-state index is 13.7. The summed E-state index contributed by atoms with van der Waals surface area (Å²) in [6, 6.07) is 12.4. The van der Waals surface area contributed by atoms with Gasteiger partial charge in [-0.05, 0) is 44.2 Å². The summed E-state index contributed by atoms with van der Waals surface area (Å²) in [5, 5.41) is 8.03. The molecule has 1 atom stereocenters. The Balaban J connectivity index is 1.59. The molecule has 0 radical (unpaired) electrons. The van der Waals surface area contributed by atoms with Crippen LogP contribution in [0.1, 0.15) is 88.0 Å². The zero-order valence-electron chi connectivity index (χ0n) is 20.6. The summed E-state index contributed by atoms with van der Waals surface area (Å²) in [5.41, 5.74) is 1.59. The van der Waals surface area contributed by atoms with Gasteiger partial charge in [0.2, 0.25) is 5.91 Å². The zero-order chi connectivity index (χ0) is 23.6. The van der Waals surface area contributed by atoms with E-state index in [1.807, 2.05) is 31.2 Å². The lowest BCUT2D eigenvalue weighted by atomic mass is 9.90. The van der Waals surface area contributed by atoms with Gasteiger partial charge in [-0.3, -0.25) is 14.3 Å². The summed E-state index contributed by atoms with van der Waals surface area (Å²) in [4.78, 5) is 29.1. The van der Waals surface area contributed by atoms with Crippen LogP contribution in [0.25, 0.3) is 0 Å². The standard InChI is InChI=1S/C27H38N4O2/c1-26(2,3)23-18-22-24(32)30(17-11-14-20-12-7-5-8-13-20)27(4,19-31(22)29-23)25(33)28-21-15-9-6-10-16-21/h5,7-8,12-13,18,21H,6,9-11,14-17,19H2,1-4H3,(H,28,33)/t27-/m1/s1. The van der Waals surface area contributed by atoms with Crippen LogP contribution >= 0.6 is 0 Å². The lowest BCUT2D eigenvalue weighted by Gasteiger charge is -2.44. The van der Waals surface area contributed by atoms with E-state index in [4.69, 9.17) is 5.10 Å². The van der Waals surface area contributed by atoms with Crippen molar-refractivity contribution in [2.45, 2.75) is 96.2 Å². The number of benzene rings is 1. The smallest absolute Gasteiger partial charge is 0.273 e. The largest absolute Gasteiger partial charge is 0.351 e. The van der Waals surface area contributed by atoms with Gasteiger partial charge in [-0.2, -0.15) is 5.10 Å². The highest BCUT2D eigenvalue weighted by molar-refractivity contribution is 5.99. The Morgan fingerprint density at radius 3 is 2.52 bits per heavy atom. The Bertz CT molecular complexity index is 985. The van der Waals surface area contributed by atoms with E-state index < -0.39 is 5.54 Å². The van der Waals surface area contributed by atoms with Crippen LogP contribution in [0.15, 0.2) is 36.4 Å². The molecule has 6 nitrogen and oxygen atoms in total. The van der Waals surface area contributed by atoms with Gasteiger partial charge in [0.1, 0.15) is 11.2 Å². The Kier molecular flexibility index (Phi) is 6.64. The van der Waals surface area contributed by atoms with Crippen LogP contribution in [-0.4, -0.2) is 44.6 Å². The van der Waals surface area contributed by atoms with Crippen molar-refractivity contribution < 1.29 is 9.59 Å². The number of amides is 2. The summed E-state index contributed by atoms with van der Waals surface area (Å²) < 4.78 is 1.76. The van der Waals surface area contributed by atoms with Crippen molar-refractivity contribution in [2.75, 3.05) is 6.54 Å². The topological polar surface area (TPSA) is 67.2 Å². The lowest BCUT2D eigenvalue weighted by Crippen LogP contribution is -2.65. The highest BCUT2D eigenvalue weighted by Gasteiger charge is 2.48. The normalized spacial score (nSPS) is 21.7. The second-order valence-electron chi connectivity index (χ2n) is 11.0. The van der Waals surface area contributed by atoms with Crippen molar-refractivity contribution in [2.24, 2.45) is 0 Å². The van der Waals surface area contributed by atoms with E-state index in [1.165, 1.54) is 12.0 Å². The molecule has 0 bridgehead atoms. The predicted molar refractivity (Wildman–Crippen MR) is 130 cm³/mol. The van der Waals surface area contributed by atoms with Gasteiger partial charge >= 0.3 is 0 Å². The maximum Gasteiger partial charge on any atom is 0.273 e. The molecular weight excluding hydrogens is 412 g/mol. The predicted octanol–water partition coefficient (Wildman–Crippen LogP) is 4.48. The van der Waals surface area contributed by atoms with Gasteiger partial charge in [0.15, 0.2) is 0 Å². The molecule has 33 heavy (non-hydrogen) atoms. The number of aryl methyl sites for hydroxylation is 1. The molecule has 1 saturated carbocycles. The Morgan fingerprint density at radius 2 is 1.85 bits per heavy atom. The highest BCUT2D eigenvalue weighted by Crippen LogP contribution is 2.31. The van der Waals surface area contributed by atoms with Crippen LogP contribution in [0.5, 0.6) is 0 Å². The van der Waals surface area contributed by atoms with E-state index in [-0.39, 0.29) is 23.3 Å². The number of aromatic nitrogens is 2. The number of hydrogen-bond acceptors (Lipinski definition) is 3. The molecule has 2 amide bonds. The molecular formula is C27H38N4O2. The third-order valence-electron chi connectivity index (χ3n) is 7.19. The summed E-state index contributed by atoms with van der Waals surface area (Å²) >= 11 is 0. The maximum atomic E-state index is 13.7. The summed E-state index contributed by atoms with van der Waals surface area (Å²) in [6.45, 7) is 9.12. The van der Waals surface area contributed by atoms with Crippen molar-refractivity contribution in [3.63, 3.8) is 0 Å². The number of carbonyl (C=O) groups is 2. The number of fused-ring (bicyclic) bond motifs is 1. The van der Waals surface area contributed by atoms with Crippen molar-refractivity contribution in [3.05, 3.63) is 53.3 Å². The van der Waals surface area contributed by atoms with E-state index in [9.17, 15) is 9.59 Å². The van der Waals surface area contributed by atoms with E-state index >= 15 is 0 Å². The van der Waals surface area contributed by atoms with Crippen LogP contribution < -0.4 is 5.32 Å². The molecule has 0 saturated heterocycles. The SMILES string of the molecule is CC(C)(C)c1cc2n(n1)C[C@](C)(C(=O)NC1CCCCC1)N(CCCc1ccccc1)C2=O. The van der Waals surface area contributed by atoms with Crippen molar-refractivity contribution in [3.8, 4) is 0 Å². The molecule has 1 aromatic carbocycles. The fourth-order valence-electron chi connectivity index (χ4n) is 5.03. The van der Waals surface area contributed by atoms with Gasteiger partial charge in [-0.25, -0.2) is 0 Å². The van der Waals surface area contributed by atoms with Crippen LogP contribution in [0.2, 0.25) is 0 Å². The van der Waals surface area contributed by atoms with Crippen molar-refractivity contribution in [1.82, 2.24) is 20.0 Å². The molecule has 1 N–H and O–H groups in total. The molecule has 1 aliphatic carbocycles. The molecule has 1 aliphatic heterocycles. The highest BCUT2D eigenvalue weighted by atomic mass is 16.2. The number of rotatable bonds is 6. The molecule has 2 aromatic rings. The summed E-state index contributed by atoms with van der Waals surface area (Å²) in [7, 11) is 0. The third kappa shape index (κ3) is 4.99. The Morgan fingerprint density at radius 1 is 1.15 bits per heavy atom. The van der Waals surface area contributed by atoms with E-state index in [0.717, 1.165) is 44.2 Å². The van der Waals surface area contributed by atoms with Gasteiger partial charge in [-0.1, -0.05) is 70.4 Å². The van der Waals surface area contributed by atoms with Gasteiger partial charge in [0.05, 0.1) is 12.2 Å². The Hall–Kier alpha value is -2.63. The van der Waals surface area contributed by atoms with E-state index in [2.05, 4.69) is 38.2 Å². The fraction of sp³-hybridized carbons (Fsp3) is 0.593. The molecule has 4 rings (SSSR count). The second kappa shape index (κ2) is 9.32. The number of nitrogens with one attached hydrogen (secondary N) is 1. The molecule has 1 fully saturated rings. The number of hydrogen-bond donors (Lipinski definition) is 1. The lowest BCUT2D eigenvalue weighted by molar-refractivity contribution is -0.134. The van der Waals surface area contributed by atoms with Crippen LogP contribution in [-0.2, 0) is 23.2 Å². The minimum absolute atomic E-state index is 0.0547. The Labute approximate surface area is 197 Å². The van der Waals surface area contributed by atoms with E-state index in [0.29, 0.717) is 18.8 Å². The van der Waals surface area contributed by atoms with Crippen LogP contribution in [0, 0.1) is 0 Å². The first kappa shape index (κ1) is 23.5. The van der Waals surface area contributed by atoms with Crippen molar-refractivity contribution >= 4 is 11.8 Å². The molecule has 2 aliphatic rings. The minimum atomic E-state index is -0.959. The number of carbonyl (C=O) groups excluding carboxylic acids is 2. The van der Waals surface area contributed by atoms with Gasteiger partial charge in [-0.15, -0.1) is 0 Å². The van der Waals surface area contributed by atoms with Gasteiger partial charge in [0, 0.05) is 18.0 Å². The third-order valence-corrected chi connectivity index (χ3v) is 7.19. The average Bonchev–Trinajstić information content (AvgIpc) is 3.22. The van der Waals surface area contributed by atoms with E-state index in [1.54, 1.807) is 9.58 Å².